The van der Waals surface area contributed by atoms with Crippen molar-refractivity contribution in [3.05, 3.63) is 83.9 Å². The van der Waals surface area contributed by atoms with Gasteiger partial charge in [0.1, 0.15) is 23.6 Å². The Hall–Kier alpha value is -4.05. The zero-order valence-electron chi connectivity index (χ0n) is 23.1. The summed E-state index contributed by atoms with van der Waals surface area (Å²) in [5, 5.41) is 0.816. The van der Waals surface area contributed by atoms with Gasteiger partial charge in [-0.25, -0.2) is 9.97 Å². The molecule has 0 bridgehead atoms. The molecule has 5 rings (SSSR count). The van der Waals surface area contributed by atoms with E-state index >= 15 is 0 Å². The molecule has 1 aliphatic rings. The number of hydrogen-bond acceptors (Lipinski definition) is 7. The van der Waals surface area contributed by atoms with Crippen molar-refractivity contribution in [1.29, 1.82) is 0 Å². The molecule has 4 aromatic rings. The first kappa shape index (κ1) is 28.5. The van der Waals surface area contributed by atoms with Gasteiger partial charge in [-0.3, -0.25) is 9.78 Å². The number of benzene rings is 2. The van der Waals surface area contributed by atoms with Crippen molar-refractivity contribution in [3.63, 3.8) is 0 Å². The molecule has 1 aliphatic heterocycles. The molecule has 1 fully saturated rings. The molecule has 0 atom stereocenters. The quantitative estimate of drug-likeness (QED) is 0.243. The molecule has 0 saturated carbocycles. The molecular formula is C31H32F3N5O2. The lowest BCUT2D eigenvalue weighted by atomic mass is 10.0. The largest absolute Gasteiger partial charge is 0.438 e. The number of hydrogen-bond donors (Lipinski definition) is 0. The molecule has 3 heterocycles. The van der Waals surface area contributed by atoms with Crippen LogP contribution in [0.2, 0.25) is 0 Å². The molecule has 0 spiro atoms. The summed E-state index contributed by atoms with van der Waals surface area (Å²) in [5.41, 5.74) is 2.43. The highest BCUT2D eigenvalue weighted by Gasteiger charge is 2.32. The van der Waals surface area contributed by atoms with Gasteiger partial charge >= 0.3 is 6.18 Å². The second-order valence-corrected chi connectivity index (χ2v) is 10.6. The van der Waals surface area contributed by atoms with Gasteiger partial charge in [-0.2, -0.15) is 13.2 Å². The summed E-state index contributed by atoms with van der Waals surface area (Å²) in [6.45, 7) is 2.01. The van der Waals surface area contributed by atoms with Crippen molar-refractivity contribution in [3.8, 4) is 11.6 Å². The van der Waals surface area contributed by atoms with E-state index in [1.807, 2.05) is 18.2 Å². The predicted molar refractivity (Wildman–Crippen MR) is 151 cm³/mol. The van der Waals surface area contributed by atoms with Crippen molar-refractivity contribution < 1.29 is 22.7 Å². The zero-order chi connectivity index (χ0) is 29.0. The number of pyridine rings is 1. The summed E-state index contributed by atoms with van der Waals surface area (Å²) in [6, 6.07) is 16.3. The van der Waals surface area contributed by atoms with Crippen molar-refractivity contribution in [2.45, 2.75) is 44.3 Å². The van der Waals surface area contributed by atoms with Crippen molar-refractivity contribution in [2.24, 2.45) is 0 Å². The number of Topliss-reactive ketones (excluding diaryl/α,β-unsaturated/α-hetero) is 1. The Labute approximate surface area is 237 Å². The molecule has 0 unspecified atom stereocenters. The lowest BCUT2D eigenvalue weighted by Crippen LogP contribution is -2.41. The zero-order valence-corrected chi connectivity index (χ0v) is 23.1. The predicted octanol–water partition coefficient (Wildman–Crippen LogP) is 6.11. The Bertz CT molecular complexity index is 1480. The van der Waals surface area contributed by atoms with E-state index in [2.05, 4.69) is 51.0 Å². The minimum atomic E-state index is -4.47. The number of fused-ring (bicyclic) bond motifs is 1. The number of carbonyl (C=O) groups is 1. The van der Waals surface area contributed by atoms with E-state index in [9.17, 15) is 18.0 Å². The summed E-state index contributed by atoms with van der Waals surface area (Å²) in [6.07, 6.45) is 1.22. The van der Waals surface area contributed by atoms with Gasteiger partial charge in [-0.05, 0) is 80.9 Å². The lowest BCUT2D eigenvalue weighted by Gasteiger charge is -2.36. The number of ether oxygens (including phenoxy) is 1. The third-order valence-electron chi connectivity index (χ3n) is 7.49. The number of ketones is 1. The molecule has 0 amide bonds. The highest BCUT2D eigenvalue weighted by molar-refractivity contribution is 5.86. The van der Waals surface area contributed by atoms with Crippen LogP contribution >= 0.6 is 0 Å². The van der Waals surface area contributed by atoms with Crippen molar-refractivity contribution >= 4 is 22.4 Å². The highest BCUT2D eigenvalue weighted by Crippen LogP contribution is 2.31. The molecular weight excluding hydrogens is 531 g/mol. The standard InChI is InChI=1S/C31H32F3N5O2/c1-38(2)23-13-15-39(16-14-23)24-7-11-27-28(18-24)36-20-37-30(27)41-26-9-4-21(5-10-26)17-25(40)8-3-22-6-12-29(35-19-22)31(32,33)34/h4-7,9-12,18-20,23H,3,8,13-17H2,1-2H3. The van der Waals surface area contributed by atoms with E-state index in [0.29, 0.717) is 29.7 Å². The number of rotatable bonds is 9. The van der Waals surface area contributed by atoms with Crippen LogP contribution in [0.25, 0.3) is 10.9 Å². The van der Waals surface area contributed by atoms with Crippen molar-refractivity contribution in [2.75, 3.05) is 32.1 Å². The fourth-order valence-electron chi connectivity index (χ4n) is 5.07. The van der Waals surface area contributed by atoms with Gasteiger partial charge in [0, 0.05) is 43.9 Å². The van der Waals surface area contributed by atoms with Crippen LogP contribution in [0.15, 0.2) is 67.1 Å². The molecule has 41 heavy (non-hydrogen) atoms. The Morgan fingerprint density at radius 2 is 1.71 bits per heavy atom. The summed E-state index contributed by atoms with van der Waals surface area (Å²) in [7, 11) is 4.27. The number of piperidine rings is 1. The minimum Gasteiger partial charge on any atom is -0.438 e. The van der Waals surface area contributed by atoms with E-state index < -0.39 is 11.9 Å². The van der Waals surface area contributed by atoms with Gasteiger partial charge in [0.05, 0.1) is 10.9 Å². The Morgan fingerprint density at radius 3 is 2.37 bits per heavy atom. The Kier molecular flexibility index (Phi) is 8.49. The molecule has 0 aliphatic carbocycles. The van der Waals surface area contributed by atoms with Crippen LogP contribution in [-0.4, -0.2) is 58.9 Å². The second-order valence-electron chi connectivity index (χ2n) is 10.6. The van der Waals surface area contributed by atoms with Crippen LogP contribution in [0.4, 0.5) is 18.9 Å². The summed E-state index contributed by atoms with van der Waals surface area (Å²) in [4.78, 5) is 29.4. The minimum absolute atomic E-state index is 0.0119. The van der Waals surface area contributed by atoms with Crippen LogP contribution in [0, 0.1) is 0 Å². The molecule has 10 heteroatoms. The van der Waals surface area contributed by atoms with Gasteiger partial charge in [-0.1, -0.05) is 18.2 Å². The van der Waals surface area contributed by atoms with Gasteiger partial charge in [0.15, 0.2) is 0 Å². The first-order valence-corrected chi connectivity index (χ1v) is 13.6. The molecule has 0 N–H and O–H groups in total. The van der Waals surface area contributed by atoms with Gasteiger partial charge in [-0.15, -0.1) is 0 Å². The maximum Gasteiger partial charge on any atom is 0.433 e. The van der Waals surface area contributed by atoms with E-state index in [0.717, 1.165) is 54.2 Å². The molecule has 2 aromatic carbocycles. The van der Waals surface area contributed by atoms with Crippen LogP contribution in [0.3, 0.4) is 0 Å². The first-order valence-electron chi connectivity index (χ1n) is 13.6. The molecule has 1 saturated heterocycles. The maximum absolute atomic E-state index is 12.7. The van der Waals surface area contributed by atoms with Crippen LogP contribution in [0.1, 0.15) is 36.1 Å². The number of aryl methyl sites for hydroxylation is 1. The highest BCUT2D eigenvalue weighted by atomic mass is 19.4. The normalized spacial score (nSPS) is 14.5. The van der Waals surface area contributed by atoms with Gasteiger partial charge < -0.3 is 14.5 Å². The topological polar surface area (TPSA) is 71.5 Å². The van der Waals surface area contributed by atoms with E-state index in [1.165, 1.54) is 18.6 Å². The van der Waals surface area contributed by atoms with Crippen LogP contribution in [-0.2, 0) is 23.8 Å². The third kappa shape index (κ3) is 7.18. The first-order chi connectivity index (χ1) is 19.7. The molecule has 0 radical (unpaired) electrons. The monoisotopic (exact) mass is 563 g/mol. The number of alkyl halides is 3. The number of halogens is 3. The summed E-state index contributed by atoms with van der Waals surface area (Å²) < 4.78 is 44.1. The Morgan fingerprint density at radius 1 is 0.976 bits per heavy atom. The average molecular weight is 564 g/mol. The van der Waals surface area contributed by atoms with Crippen LogP contribution < -0.4 is 9.64 Å². The molecule has 2 aromatic heterocycles. The van der Waals surface area contributed by atoms with E-state index in [4.69, 9.17) is 4.74 Å². The third-order valence-corrected chi connectivity index (χ3v) is 7.49. The van der Waals surface area contributed by atoms with Gasteiger partial charge in [0.25, 0.3) is 0 Å². The number of aromatic nitrogens is 3. The van der Waals surface area contributed by atoms with Gasteiger partial charge in [0.2, 0.25) is 5.88 Å². The average Bonchev–Trinajstić information content (AvgIpc) is 2.97. The summed E-state index contributed by atoms with van der Waals surface area (Å²) in [5.74, 6) is 1.04. The van der Waals surface area contributed by atoms with E-state index in [1.54, 1.807) is 12.1 Å². The number of carbonyl (C=O) groups excluding carboxylic acids is 1. The summed E-state index contributed by atoms with van der Waals surface area (Å²) >= 11 is 0. The SMILES string of the molecule is CN(C)C1CCN(c2ccc3c(Oc4ccc(CC(=O)CCc5ccc(C(F)(F)F)nc5)cc4)ncnc3c2)CC1. The number of nitrogens with zero attached hydrogens (tertiary/aromatic N) is 5. The molecule has 214 valence electrons. The van der Waals surface area contributed by atoms with Crippen LogP contribution in [0.5, 0.6) is 11.6 Å². The molecule has 7 nitrogen and oxygen atoms in total. The fourth-order valence-corrected chi connectivity index (χ4v) is 5.07. The lowest BCUT2D eigenvalue weighted by molar-refractivity contribution is -0.141. The number of anilines is 1. The fraction of sp³-hybridized carbons (Fsp3) is 0.355. The maximum atomic E-state index is 12.7. The van der Waals surface area contributed by atoms with E-state index in [-0.39, 0.29) is 18.6 Å². The van der Waals surface area contributed by atoms with Crippen molar-refractivity contribution in [1.82, 2.24) is 19.9 Å². The smallest absolute Gasteiger partial charge is 0.433 e. The second kappa shape index (κ2) is 12.2. The Balaban J connectivity index is 1.17.